The van der Waals surface area contributed by atoms with Crippen molar-refractivity contribution >= 4 is 35.4 Å². The maximum atomic E-state index is 14.3. The van der Waals surface area contributed by atoms with E-state index in [9.17, 15) is 44.6 Å². The number of anilines is 3. The van der Waals surface area contributed by atoms with Crippen molar-refractivity contribution in [2.24, 2.45) is 5.92 Å². The highest BCUT2D eigenvalue weighted by Crippen LogP contribution is 2.41. The maximum absolute atomic E-state index is 14.3. The fourth-order valence-electron chi connectivity index (χ4n) is 17.6. The summed E-state index contributed by atoms with van der Waals surface area (Å²) in [6, 6.07) is 27.9. The van der Waals surface area contributed by atoms with E-state index in [0.29, 0.717) is 114 Å². The van der Waals surface area contributed by atoms with Crippen molar-refractivity contribution < 1.29 is 62.5 Å². The van der Waals surface area contributed by atoms with Gasteiger partial charge < -0.3 is 59.7 Å². The van der Waals surface area contributed by atoms with Crippen molar-refractivity contribution in [2.45, 2.75) is 216 Å². The van der Waals surface area contributed by atoms with Crippen molar-refractivity contribution in [3.8, 4) is 12.1 Å². The topological polar surface area (TPSA) is 312 Å². The molecular weight excluding hydrogens is 1440 g/mol. The Morgan fingerprint density at radius 2 is 0.982 bits per heavy atom. The number of aliphatic carboxylic acids is 3. The van der Waals surface area contributed by atoms with Crippen LogP contribution in [0.5, 0.6) is 0 Å². The predicted molar refractivity (Wildman–Crippen MR) is 425 cm³/mol. The third-order valence-corrected chi connectivity index (χ3v) is 23.6. The van der Waals surface area contributed by atoms with Gasteiger partial charge in [0.1, 0.15) is 53.2 Å². The molecule has 4 aromatic heterocycles. The van der Waals surface area contributed by atoms with Crippen LogP contribution in [-0.4, -0.2) is 185 Å². The highest BCUT2D eigenvalue weighted by Gasteiger charge is 2.41. The molecule has 2 aromatic carbocycles. The lowest BCUT2D eigenvalue weighted by atomic mass is 9.90. The Morgan fingerprint density at radius 1 is 0.487 bits per heavy atom. The number of rotatable bonds is 30. The highest BCUT2D eigenvalue weighted by atomic mass is 19.1. The molecule has 13 heterocycles. The van der Waals surface area contributed by atoms with Crippen LogP contribution in [0.2, 0.25) is 0 Å². The Hall–Kier alpha value is -8.60. The standard InChI is InChI=1S/C30H38N4O4.C29H38FN3O4.C29H37N5O4/c31-19-21-9-12-25(26(18-21)27-8-2-4-17-38-27)28(30(35)36)34-15-13-24(20-34)37-16-3-1-7-23-11-10-22-6-5-14-32-29(22)33-23;30-22-7-9-24(26-5-1-2-15-37-26)25(18-22)27(29(34)35)33-14-10-20(19-33)11-16-36-17-12-23-8-6-21-4-3-13-31-28(21)32-23;30-18-22-11-12-24(26(32-22)25-8-2-4-17-38-25)27(29(35)36)34-15-13-23(19-34)37-16-3-1-7-21-10-9-20-6-5-14-31-28(20)33-21/h9-12,18,24,27-28H,1-8,13-17,20H2,(H,32,33)(H,35,36);6-9,18,20,26-27H,1-5,10-17,19H2,(H,31,32)(H,34,35);9-12,23,25,27H,1-8,13-17,19H2,(H,31,33)(H,35,36)/t24-,27?,28+;20-,26-,27+;23-,25?,27-/m101/s1. The minimum atomic E-state index is -0.938. The molecule has 15 rings (SSSR count). The summed E-state index contributed by atoms with van der Waals surface area (Å²) in [5.41, 5.74) is 12.1. The van der Waals surface area contributed by atoms with Gasteiger partial charge in [0.15, 0.2) is 0 Å². The number of benzene rings is 2. The Bertz CT molecular complexity index is 4050. The van der Waals surface area contributed by atoms with E-state index in [4.69, 9.17) is 43.4 Å². The van der Waals surface area contributed by atoms with Gasteiger partial charge >= 0.3 is 17.9 Å². The monoisotopic (exact) mass is 1550 g/mol. The molecule has 6 aromatic rings. The van der Waals surface area contributed by atoms with Crippen LogP contribution >= 0.6 is 0 Å². The van der Waals surface area contributed by atoms with E-state index >= 15 is 0 Å². The molecule has 113 heavy (non-hydrogen) atoms. The fourth-order valence-corrected chi connectivity index (χ4v) is 17.6. The number of halogens is 1. The van der Waals surface area contributed by atoms with Crippen LogP contribution in [0, 0.1) is 34.4 Å². The maximum Gasteiger partial charge on any atom is 0.325 e. The van der Waals surface area contributed by atoms with Gasteiger partial charge in [0.25, 0.3) is 0 Å². The van der Waals surface area contributed by atoms with E-state index in [1.54, 1.807) is 24.3 Å². The van der Waals surface area contributed by atoms with E-state index in [0.717, 1.165) is 231 Å². The molecule has 9 aliphatic heterocycles. The van der Waals surface area contributed by atoms with Crippen molar-refractivity contribution in [2.75, 3.05) is 121 Å². The number of unbranched alkanes of at least 4 members (excludes halogenated alkanes) is 2. The average molecular weight is 1550 g/mol. The van der Waals surface area contributed by atoms with Crippen LogP contribution in [0.25, 0.3) is 0 Å². The number of ether oxygens (including phenoxy) is 6. The first-order valence-corrected chi connectivity index (χ1v) is 41.8. The number of aromatic nitrogens is 4. The summed E-state index contributed by atoms with van der Waals surface area (Å²) in [5.74, 6) is 0.320. The molecule has 25 heteroatoms. The molecule has 6 saturated heterocycles. The summed E-state index contributed by atoms with van der Waals surface area (Å²) in [7, 11) is 0. The van der Waals surface area contributed by atoms with Crippen molar-refractivity contribution in [3.63, 3.8) is 0 Å². The van der Waals surface area contributed by atoms with Crippen LogP contribution in [-0.2, 0) is 81.3 Å². The van der Waals surface area contributed by atoms with Crippen LogP contribution in [0.3, 0.4) is 0 Å². The van der Waals surface area contributed by atoms with E-state index < -0.39 is 41.9 Å². The highest BCUT2D eigenvalue weighted by molar-refractivity contribution is 5.78. The fraction of sp³-hybridized carbons (Fsp3) is 0.580. The summed E-state index contributed by atoms with van der Waals surface area (Å²) in [6.07, 6.45) is 24.7. The molecule has 0 radical (unpaired) electrons. The van der Waals surface area contributed by atoms with E-state index in [-0.39, 0.29) is 36.2 Å². The predicted octanol–water partition coefficient (Wildman–Crippen LogP) is 13.9. The van der Waals surface area contributed by atoms with Crippen LogP contribution in [0.15, 0.2) is 84.9 Å². The number of carboxylic acids is 3. The van der Waals surface area contributed by atoms with Gasteiger partial charge in [-0.15, -0.1) is 0 Å². The largest absolute Gasteiger partial charge is 0.480 e. The Morgan fingerprint density at radius 3 is 1.50 bits per heavy atom. The minimum absolute atomic E-state index is 0.00337. The van der Waals surface area contributed by atoms with E-state index in [1.807, 2.05) is 26.8 Å². The summed E-state index contributed by atoms with van der Waals surface area (Å²) in [5, 5.41) is 59.6. The summed E-state index contributed by atoms with van der Waals surface area (Å²) < 4.78 is 50.4. The molecule has 6 fully saturated rings. The van der Waals surface area contributed by atoms with Gasteiger partial charge in [-0.2, -0.15) is 10.5 Å². The van der Waals surface area contributed by atoms with E-state index in [2.05, 4.69) is 69.5 Å². The third-order valence-electron chi connectivity index (χ3n) is 23.6. The van der Waals surface area contributed by atoms with Gasteiger partial charge in [-0.3, -0.25) is 29.1 Å². The summed E-state index contributed by atoms with van der Waals surface area (Å²) >= 11 is 0. The second-order valence-electron chi connectivity index (χ2n) is 31.6. The summed E-state index contributed by atoms with van der Waals surface area (Å²) in [4.78, 5) is 62.1. The SMILES string of the molecule is N#Cc1ccc([C@@H](C(=O)O)N2CC[C@@H](OCCCCc3ccc4c(n3)NCCC4)C2)c(C2CCCCO2)c1.N#Cc1ccc([C@H](C(=O)O)N2CC[C@@H](OCCCCc3ccc4c(n3)NCCC4)C2)c(C2CCCCO2)n1.O=C(O)[C@@H](c1cc(F)ccc1[C@@H]1CCCCO1)N1CC[C@@H](CCOCCc2ccc3c(n2)NCCC3)C1. The Labute approximate surface area is 663 Å². The first kappa shape index (κ1) is 82.4. The van der Waals surface area contributed by atoms with Gasteiger partial charge in [0.05, 0.1) is 54.5 Å². The number of aryl methyl sites for hydroxylation is 5. The second-order valence-corrected chi connectivity index (χ2v) is 31.6. The molecule has 0 aliphatic carbocycles. The molecule has 24 nitrogen and oxygen atoms in total. The zero-order valence-electron chi connectivity index (χ0n) is 65.4. The molecule has 604 valence electrons. The molecular formula is C88H113FN12O12. The average Bonchev–Trinajstić information content (AvgIpc) is 1.79. The Balaban J connectivity index is 0.000000148. The van der Waals surface area contributed by atoms with Gasteiger partial charge in [-0.05, 0) is 260 Å². The number of nitrogens with one attached hydrogen (secondary N) is 3. The number of likely N-dealkylation sites (tertiary alicyclic amines) is 3. The lowest BCUT2D eigenvalue weighted by Crippen LogP contribution is -2.35. The van der Waals surface area contributed by atoms with Crippen LogP contribution in [0.4, 0.5) is 21.8 Å². The quantitative estimate of drug-likeness (QED) is 0.0228. The summed E-state index contributed by atoms with van der Waals surface area (Å²) in [6.45, 7) is 11.3. The zero-order chi connectivity index (χ0) is 78.3. The second kappa shape index (κ2) is 41.6. The lowest BCUT2D eigenvalue weighted by Gasteiger charge is -2.30. The van der Waals surface area contributed by atoms with Crippen LogP contribution in [0.1, 0.15) is 243 Å². The van der Waals surface area contributed by atoms with E-state index in [1.165, 1.54) is 35.2 Å². The van der Waals surface area contributed by atoms with Gasteiger partial charge in [0, 0.05) is 121 Å². The van der Waals surface area contributed by atoms with Gasteiger partial charge in [-0.1, -0.05) is 36.4 Å². The van der Waals surface area contributed by atoms with Gasteiger partial charge in [-0.25, -0.2) is 24.3 Å². The number of hydrogen-bond donors (Lipinski definition) is 6. The Kier molecular flexibility index (Phi) is 30.3. The molecule has 0 saturated carbocycles. The van der Waals surface area contributed by atoms with Crippen molar-refractivity contribution in [3.05, 3.63) is 169 Å². The lowest BCUT2D eigenvalue weighted by molar-refractivity contribution is -0.144. The molecule has 6 N–H and O–H groups in total. The molecule has 0 amide bonds. The molecule has 2 unspecified atom stereocenters. The third kappa shape index (κ3) is 22.5. The normalized spacial score (nSPS) is 22.5. The number of nitriles is 2. The molecule has 0 bridgehead atoms. The number of fused-ring (bicyclic) bond motifs is 3. The first-order valence-electron chi connectivity index (χ1n) is 41.8. The smallest absolute Gasteiger partial charge is 0.325 e. The van der Waals surface area contributed by atoms with Gasteiger partial charge in [0.2, 0.25) is 0 Å². The minimum Gasteiger partial charge on any atom is -0.480 e. The van der Waals surface area contributed by atoms with Crippen molar-refractivity contribution in [1.82, 2.24) is 34.6 Å². The molecule has 9 atom stereocenters. The number of carboxylic acid groups (broad SMARTS) is 3. The number of hydrogen-bond acceptors (Lipinski definition) is 21. The number of pyridine rings is 4. The van der Waals surface area contributed by atoms with Crippen molar-refractivity contribution in [1.29, 1.82) is 10.5 Å². The zero-order valence-corrected chi connectivity index (χ0v) is 65.4. The molecule has 9 aliphatic rings. The number of nitrogens with zero attached hydrogens (tertiary/aromatic N) is 9. The number of carbonyl (C=O) groups is 3. The molecule has 0 spiro atoms. The van der Waals surface area contributed by atoms with Crippen LogP contribution < -0.4 is 16.0 Å². The first-order chi connectivity index (χ1) is 55.3.